The van der Waals surface area contributed by atoms with Crippen molar-refractivity contribution in [2.75, 3.05) is 33.3 Å². The van der Waals surface area contributed by atoms with Crippen LogP contribution in [-0.2, 0) is 0 Å². The summed E-state index contributed by atoms with van der Waals surface area (Å²) in [6, 6.07) is 5.56. The van der Waals surface area contributed by atoms with Crippen molar-refractivity contribution < 1.29 is 18.5 Å². The molecule has 1 aliphatic heterocycles. The Labute approximate surface area is 175 Å². The van der Waals surface area contributed by atoms with Gasteiger partial charge in [0.05, 0.1) is 7.11 Å². The van der Waals surface area contributed by atoms with E-state index in [-0.39, 0.29) is 17.6 Å². The van der Waals surface area contributed by atoms with E-state index >= 15 is 0 Å². The molecule has 0 saturated carbocycles. The van der Waals surface area contributed by atoms with E-state index in [2.05, 4.69) is 20.4 Å². The molecule has 3 heterocycles. The fourth-order valence-corrected chi connectivity index (χ4v) is 3.89. The van der Waals surface area contributed by atoms with Gasteiger partial charge in [0.25, 0.3) is 0 Å². The van der Waals surface area contributed by atoms with Crippen LogP contribution < -0.4 is 10.1 Å². The lowest BCUT2D eigenvalue weighted by molar-refractivity contribution is 0.0908. The Morgan fingerprint density at radius 2 is 2.03 bits per heavy atom. The number of nitrogens with one attached hydrogen (secondary N) is 1. The average molecular weight is 412 g/mol. The zero-order chi connectivity index (χ0) is 20.9. The number of nitrogens with zero attached hydrogens (tertiary/aromatic N) is 3. The van der Waals surface area contributed by atoms with Crippen LogP contribution in [0.5, 0.6) is 5.75 Å². The molecule has 1 aromatic carbocycles. The third-order valence-electron chi connectivity index (χ3n) is 5.60. The molecule has 8 heteroatoms. The molecule has 8 nitrogen and oxygen atoms in total. The number of benzene rings is 1. The minimum Gasteiger partial charge on any atom is -0.497 e. The van der Waals surface area contributed by atoms with Gasteiger partial charge in [-0.1, -0.05) is 18.0 Å². The summed E-state index contributed by atoms with van der Waals surface area (Å²) in [5.74, 6) is 1.07. The number of hydrogen-bond acceptors (Lipinski definition) is 7. The summed E-state index contributed by atoms with van der Waals surface area (Å²) < 4.78 is 16.3. The topological polar surface area (TPSA) is 93.6 Å². The summed E-state index contributed by atoms with van der Waals surface area (Å²) in [5.41, 5.74) is 1.57. The minimum absolute atomic E-state index is 0.0581. The predicted octanol–water partition coefficient (Wildman–Crippen LogP) is 3.80. The average Bonchev–Trinajstić information content (AvgIpc) is 3.27. The predicted molar refractivity (Wildman–Crippen MR) is 113 cm³/mol. The lowest BCUT2D eigenvalue weighted by Gasteiger charge is -2.19. The van der Waals surface area contributed by atoms with Crippen LogP contribution in [0.1, 0.15) is 48.4 Å². The van der Waals surface area contributed by atoms with E-state index in [9.17, 15) is 4.79 Å². The number of carbonyl (C=O) groups is 1. The first kappa shape index (κ1) is 20.4. The quantitative estimate of drug-likeness (QED) is 0.590. The van der Waals surface area contributed by atoms with Crippen LogP contribution in [0.15, 0.2) is 27.1 Å². The van der Waals surface area contributed by atoms with Crippen molar-refractivity contribution in [2.24, 2.45) is 0 Å². The smallest absolute Gasteiger partial charge is 0.316 e. The van der Waals surface area contributed by atoms with Crippen molar-refractivity contribution >= 4 is 16.9 Å². The molecule has 4 rings (SSSR count). The van der Waals surface area contributed by atoms with Crippen molar-refractivity contribution in [3.63, 3.8) is 0 Å². The normalized spacial score (nSPS) is 15.3. The maximum absolute atomic E-state index is 12.4. The number of ether oxygens (including phenoxy) is 1. The molecule has 1 aliphatic rings. The van der Waals surface area contributed by atoms with E-state index in [4.69, 9.17) is 13.7 Å². The lowest BCUT2D eigenvalue weighted by Crippen LogP contribution is -2.30. The lowest BCUT2D eigenvalue weighted by atomic mass is 10.1. The maximum Gasteiger partial charge on any atom is 0.316 e. The number of likely N-dealkylation sites (tertiary alicyclic amines) is 1. The Hall–Kier alpha value is -2.87. The van der Waals surface area contributed by atoms with Crippen molar-refractivity contribution in [1.29, 1.82) is 0 Å². The zero-order valence-corrected chi connectivity index (χ0v) is 17.6. The van der Waals surface area contributed by atoms with Gasteiger partial charge in [0.1, 0.15) is 11.3 Å². The van der Waals surface area contributed by atoms with Crippen LogP contribution in [-0.4, -0.2) is 54.2 Å². The molecule has 30 heavy (non-hydrogen) atoms. The SMILES string of the molecule is COc1ccc2oc(-c3noc(C(=O)NCCCN4CCCCCC4)n3)c(C)c2c1. The molecule has 2 aromatic heterocycles. The second-order valence-electron chi connectivity index (χ2n) is 7.71. The van der Waals surface area contributed by atoms with E-state index in [0.29, 0.717) is 17.9 Å². The number of methoxy groups -OCH3 is 1. The number of carbonyl (C=O) groups excluding carboxylic acids is 1. The van der Waals surface area contributed by atoms with Crippen LogP contribution in [0.3, 0.4) is 0 Å². The molecule has 0 atom stereocenters. The van der Waals surface area contributed by atoms with Gasteiger partial charge in [-0.2, -0.15) is 4.98 Å². The third kappa shape index (κ3) is 4.48. The molecule has 1 saturated heterocycles. The van der Waals surface area contributed by atoms with Gasteiger partial charge in [-0.25, -0.2) is 0 Å². The molecular weight excluding hydrogens is 384 g/mol. The molecule has 160 valence electrons. The molecule has 0 spiro atoms. The molecule has 1 fully saturated rings. The molecule has 3 aromatic rings. The molecular formula is C22H28N4O4. The van der Waals surface area contributed by atoms with Gasteiger partial charge in [-0.05, 0) is 64.0 Å². The number of rotatable bonds is 7. The van der Waals surface area contributed by atoms with E-state index in [1.54, 1.807) is 7.11 Å². The monoisotopic (exact) mass is 412 g/mol. The minimum atomic E-state index is -0.361. The van der Waals surface area contributed by atoms with Crippen molar-refractivity contribution in [2.45, 2.75) is 39.0 Å². The highest BCUT2D eigenvalue weighted by Crippen LogP contribution is 2.33. The summed E-state index contributed by atoms with van der Waals surface area (Å²) >= 11 is 0. The number of furan rings is 1. The second kappa shape index (κ2) is 9.30. The summed E-state index contributed by atoms with van der Waals surface area (Å²) in [4.78, 5) is 19.1. The van der Waals surface area contributed by atoms with Gasteiger partial charge >= 0.3 is 11.8 Å². The maximum atomic E-state index is 12.4. The standard InChI is InChI=1S/C22H28N4O4/c1-15-17-14-16(28-2)8-9-18(17)29-19(15)20-24-22(30-25-20)21(27)23-10-7-13-26-11-5-3-4-6-12-26/h8-9,14H,3-7,10-13H2,1-2H3,(H,23,27). The highest BCUT2D eigenvalue weighted by molar-refractivity contribution is 5.91. The van der Waals surface area contributed by atoms with Crippen LogP contribution in [0.2, 0.25) is 0 Å². The zero-order valence-electron chi connectivity index (χ0n) is 17.6. The number of amides is 1. The van der Waals surface area contributed by atoms with E-state index < -0.39 is 0 Å². The number of aryl methyl sites for hydroxylation is 1. The van der Waals surface area contributed by atoms with Gasteiger partial charge in [-0.15, -0.1) is 0 Å². The van der Waals surface area contributed by atoms with Gasteiger partial charge < -0.3 is 23.9 Å². The molecule has 1 N–H and O–H groups in total. The van der Waals surface area contributed by atoms with Crippen LogP contribution >= 0.6 is 0 Å². The third-order valence-corrected chi connectivity index (χ3v) is 5.60. The van der Waals surface area contributed by atoms with Crippen LogP contribution in [0.4, 0.5) is 0 Å². The largest absolute Gasteiger partial charge is 0.497 e. The number of hydrogen-bond donors (Lipinski definition) is 1. The molecule has 0 aliphatic carbocycles. The first-order chi connectivity index (χ1) is 14.7. The summed E-state index contributed by atoms with van der Waals surface area (Å²) in [6.07, 6.45) is 6.09. The van der Waals surface area contributed by atoms with Gasteiger partial charge in [-0.3, -0.25) is 4.79 Å². The van der Waals surface area contributed by atoms with Crippen molar-refractivity contribution in [3.8, 4) is 17.3 Å². The Morgan fingerprint density at radius 1 is 1.23 bits per heavy atom. The van der Waals surface area contributed by atoms with Crippen LogP contribution in [0, 0.1) is 6.92 Å². The molecule has 0 unspecified atom stereocenters. The Bertz CT molecular complexity index is 1000. The van der Waals surface area contributed by atoms with E-state index in [1.165, 1.54) is 25.7 Å². The van der Waals surface area contributed by atoms with Gasteiger partial charge in [0, 0.05) is 17.5 Å². The van der Waals surface area contributed by atoms with E-state index in [0.717, 1.165) is 42.8 Å². The van der Waals surface area contributed by atoms with Gasteiger partial charge in [0.2, 0.25) is 5.82 Å². The fraction of sp³-hybridized carbons (Fsp3) is 0.500. The number of aromatic nitrogens is 2. The molecule has 0 bridgehead atoms. The Kier molecular flexibility index (Phi) is 6.32. The Balaban J connectivity index is 1.36. The second-order valence-corrected chi connectivity index (χ2v) is 7.71. The fourth-order valence-electron chi connectivity index (χ4n) is 3.89. The summed E-state index contributed by atoms with van der Waals surface area (Å²) in [7, 11) is 1.62. The first-order valence-corrected chi connectivity index (χ1v) is 10.6. The number of fused-ring (bicyclic) bond motifs is 1. The highest BCUT2D eigenvalue weighted by Gasteiger charge is 2.21. The van der Waals surface area contributed by atoms with Gasteiger partial charge in [0.15, 0.2) is 5.76 Å². The van der Waals surface area contributed by atoms with Crippen molar-refractivity contribution in [3.05, 3.63) is 29.7 Å². The highest BCUT2D eigenvalue weighted by atomic mass is 16.5. The summed E-state index contributed by atoms with van der Waals surface area (Å²) in [5, 5.41) is 7.72. The van der Waals surface area contributed by atoms with Crippen LogP contribution in [0.25, 0.3) is 22.6 Å². The first-order valence-electron chi connectivity index (χ1n) is 10.6. The van der Waals surface area contributed by atoms with E-state index in [1.807, 2.05) is 25.1 Å². The summed E-state index contributed by atoms with van der Waals surface area (Å²) in [6.45, 7) is 5.81. The molecule has 1 amide bonds. The van der Waals surface area contributed by atoms with Crippen molar-refractivity contribution in [1.82, 2.24) is 20.4 Å². The Morgan fingerprint density at radius 3 is 2.80 bits per heavy atom. The molecule has 0 radical (unpaired) electrons.